The van der Waals surface area contributed by atoms with Gasteiger partial charge in [0.05, 0.1) is 0 Å². The van der Waals surface area contributed by atoms with Gasteiger partial charge in [0.15, 0.2) is 6.10 Å². The van der Waals surface area contributed by atoms with E-state index in [-0.39, 0.29) is 31.1 Å². The summed E-state index contributed by atoms with van der Waals surface area (Å²) >= 11 is 0. The molecule has 0 aromatic carbocycles. The molecule has 66 heavy (non-hydrogen) atoms. The van der Waals surface area contributed by atoms with E-state index in [1.165, 1.54) is 96.3 Å². The van der Waals surface area contributed by atoms with Gasteiger partial charge in [-0.05, 0) is 96.3 Å². The molecule has 0 aliphatic heterocycles. The quantitative estimate of drug-likeness (QED) is 0.0262. The summed E-state index contributed by atoms with van der Waals surface area (Å²) in [6, 6.07) is 0. The second kappa shape index (κ2) is 54.2. The van der Waals surface area contributed by atoms with Crippen LogP contribution in [0.15, 0.2) is 85.1 Å². The van der Waals surface area contributed by atoms with Crippen LogP contribution in [0.4, 0.5) is 0 Å². The third kappa shape index (κ3) is 51.6. The van der Waals surface area contributed by atoms with Crippen LogP contribution in [0, 0.1) is 0 Å². The minimum atomic E-state index is -0.786. The highest BCUT2D eigenvalue weighted by atomic mass is 16.6. The summed E-state index contributed by atoms with van der Waals surface area (Å²) in [5.41, 5.74) is 0. The number of hydrogen-bond donors (Lipinski definition) is 0. The van der Waals surface area contributed by atoms with Crippen LogP contribution < -0.4 is 0 Å². The lowest BCUT2D eigenvalue weighted by Gasteiger charge is -2.18. The van der Waals surface area contributed by atoms with Crippen molar-refractivity contribution in [3.05, 3.63) is 85.1 Å². The van der Waals surface area contributed by atoms with Crippen molar-refractivity contribution in [2.24, 2.45) is 0 Å². The van der Waals surface area contributed by atoms with Gasteiger partial charge in [-0.25, -0.2) is 0 Å². The van der Waals surface area contributed by atoms with Gasteiger partial charge in [-0.15, -0.1) is 0 Å². The number of hydrogen-bond acceptors (Lipinski definition) is 6. The number of carbonyl (C=O) groups excluding carboxylic acids is 3. The second-order valence-electron chi connectivity index (χ2n) is 18.1. The highest BCUT2D eigenvalue weighted by Gasteiger charge is 2.19. The van der Waals surface area contributed by atoms with E-state index >= 15 is 0 Å². The molecule has 0 saturated carbocycles. The molecule has 1 atom stereocenters. The molecule has 0 aliphatic rings. The minimum absolute atomic E-state index is 0.0845. The normalized spacial score (nSPS) is 12.7. The van der Waals surface area contributed by atoms with Crippen molar-refractivity contribution in [1.82, 2.24) is 0 Å². The topological polar surface area (TPSA) is 78.9 Å². The largest absolute Gasteiger partial charge is 0.462 e. The number of esters is 3. The fourth-order valence-electron chi connectivity index (χ4n) is 7.50. The number of unbranched alkanes of at least 4 members (excludes halogenated alkanes) is 24. The zero-order valence-electron chi connectivity index (χ0n) is 43.2. The molecule has 0 amide bonds. The maximum atomic E-state index is 12.8. The standard InChI is InChI=1S/C60H102O6/c1-4-7-10-13-16-19-22-24-26-27-28-29-30-31-32-33-35-36-38-41-44-47-50-53-59(62)65-56-57(55-64-58(61)52-49-46-43-40-21-18-15-12-9-6-3)66-60(63)54-51-48-45-42-39-37-34-25-23-20-17-14-11-8-5-2/h7,10,16-17,19-20,24-26,28-29,31-32,34,57H,4-6,8-9,11-15,18,21-23,27,30,33,35-56H2,1-3H3/b10-7-,19-16-,20-17-,26-24-,29-28-,32-31-,34-25-. The van der Waals surface area contributed by atoms with Crippen LogP contribution in [0.1, 0.15) is 258 Å². The van der Waals surface area contributed by atoms with Gasteiger partial charge < -0.3 is 14.2 Å². The highest BCUT2D eigenvalue weighted by Crippen LogP contribution is 2.14. The van der Waals surface area contributed by atoms with E-state index in [1.54, 1.807) is 0 Å². The molecule has 0 fully saturated rings. The van der Waals surface area contributed by atoms with Crippen molar-refractivity contribution in [2.75, 3.05) is 13.2 Å². The third-order valence-electron chi connectivity index (χ3n) is 11.6. The Balaban J connectivity index is 4.34. The lowest BCUT2D eigenvalue weighted by atomic mass is 10.1. The van der Waals surface area contributed by atoms with Crippen molar-refractivity contribution in [3.63, 3.8) is 0 Å². The van der Waals surface area contributed by atoms with Crippen LogP contribution in [0.2, 0.25) is 0 Å². The lowest BCUT2D eigenvalue weighted by molar-refractivity contribution is -0.167. The van der Waals surface area contributed by atoms with Crippen molar-refractivity contribution < 1.29 is 28.6 Å². The van der Waals surface area contributed by atoms with E-state index < -0.39 is 6.10 Å². The molecule has 0 aromatic rings. The molecule has 0 N–H and O–H groups in total. The van der Waals surface area contributed by atoms with Gasteiger partial charge in [-0.2, -0.15) is 0 Å². The molecule has 0 aromatic heterocycles. The summed E-state index contributed by atoms with van der Waals surface area (Å²) in [5.74, 6) is -0.909. The summed E-state index contributed by atoms with van der Waals surface area (Å²) in [6.07, 6.45) is 70.0. The van der Waals surface area contributed by atoms with E-state index in [0.717, 1.165) is 122 Å². The van der Waals surface area contributed by atoms with Gasteiger partial charge in [0.1, 0.15) is 13.2 Å². The van der Waals surface area contributed by atoms with E-state index in [0.29, 0.717) is 19.3 Å². The van der Waals surface area contributed by atoms with Gasteiger partial charge in [0.2, 0.25) is 0 Å². The first-order chi connectivity index (χ1) is 32.5. The maximum Gasteiger partial charge on any atom is 0.306 e. The number of carbonyl (C=O) groups is 3. The first-order valence-corrected chi connectivity index (χ1v) is 27.6. The zero-order chi connectivity index (χ0) is 47.9. The van der Waals surface area contributed by atoms with Gasteiger partial charge in [0.25, 0.3) is 0 Å². The van der Waals surface area contributed by atoms with Gasteiger partial charge in [-0.3, -0.25) is 14.4 Å². The van der Waals surface area contributed by atoms with Crippen LogP contribution in [0.3, 0.4) is 0 Å². The molecular formula is C60H102O6. The van der Waals surface area contributed by atoms with Gasteiger partial charge in [-0.1, -0.05) is 228 Å². The summed E-state index contributed by atoms with van der Waals surface area (Å²) in [7, 11) is 0. The Bertz CT molecular complexity index is 1290. The lowest BCUT2D eigenvalue weighted by Crippen LogP contribution is -2.30. The molecule has 378 valence electrons. The summed E-state index contributed by atoms with van der Waals surface area (Å²) in [5, 5.41) is 0. The number of rotatable bonds is 49. The molecule has 6 nitrogen and oxygen atoms in total. The van der Waals surface area contributed by atoms with Gasteiger partial charge in [0, 0.05) is 19.3 Å². The van der Waals surface area contributed by atoms with Gasteiger partial charge >= 0.3 is 17.9 Å². The molecule has 6 heteroatoms. The van der Waals surface area contributed by atoms with E-state index in [9.17, 15) is 14.4 Å². The third-order valence-corrected chi connectivity index (χ3v) is 11.6. The van der Waals surface area contributed by atoms with Crippen molar-refractivity contribution in [3.8, 4) is 0 Å². The number of allylic oxidation sites excluding steroid dienone is 14. The van der Waals surface area contributed by atoms with E-state index in [1.807, 2.05) is 0 Å². The molecule has 1 unspecified atom stereocenters. The van der Waals surface area contributed by atoms with E-state index in [2.05, 4.69) is 106 Å². The Hall–Kier alpha value is -3.41. The monoisotopic (exact) mass is 919 g/mol. The highest BCUT2D eigenvalue weighted by molar-refractivity contribution is 5.71. The summed E-state index contributed by atoms with van der Waals surface area (Å²) < 4.78 is 16.8. The minimum Gasteiger partial charge on any atom is -0.462 e. The Labute approximate surface area is 407 Å². The van der Waals surface area contributed by atoms with Crippen LogP contribution in [0.25, 0.3) is 0 Å². The van der Waals surface area contributed by atoms with Crippen LogP contribution in [0.5, 0.6) is 0 Å². The number of ether oxygens (including phenoxy) is 3. The average Bonchev–Trinajstić information content (AvgIpc) is 3.31. The van der Waals surface area contributed by atoms with Crippen molar-refractivity contribution in [2.45, 2.75) is 264 Å². The predicted molar refractivity (Wildman–Crippen MR) is 284 cm³/mol. The first kappa shape index (κ1) is 62.6. The Kier molecular flexibility index (Phi) is 51.4. The summed E-state index contributed by atoms with van der Waals surface area (Å²) in [4.78, 5) is 38.0. The van der Waals surface area contributed by atoms with E-state index in [4.69, 9.17) is 14.2 Å². The molecular weight excluding hydrogens is 817 g/mol. The SMILES string of the molecule is CC/C=C\C/C=C\C/C=C\C/C=C\C/C=C\CCCCCCCCCC(=O)OCC(COC(=O)CCCCCCCCCCCC)OC(=O)CCCCCCC/C=C\C/C=C\CCCCC. The fraction of sp³-hybridized carbons (Fsp3) is 0.717. The Morgan fingerprint density at radius 2 is 0.591 bits per heavy atom. The fourth-order valence-corrected chi connectivity index (χ4v) is 7.50. The zero-order valence-corrected chi connectivity index (χ0v) is 43.2. The van der Waals surface area contributed by atoms with Crippen LogP contribution >= 0.6 is 0 Å². The van der Waals surface area contributed by atoms with Crippen LogP contribution in [-0.2, 0) is 28.6 Å². The Morgan fingerprint density at radius 3 is 0.955 bits per heavy atom. The van der Waals surface area contributed by atoms with Crippen molar-refractivity contribution >= 4 is 17.9 Å². The molecule has 0 bridgehead atoms. The molecule has 0 heterocycles. The molecule has 0 aliphatic carbocycles. The molecule has 0 saturated heterocycles. The van der Waals surface area contributed by atoms with Crippen LogP contribution in [-0.4, -0.2) is 37.2 Å². The summed E-state index contributed by atoms with van der Waals surface area (Å²) in [6.45, 7) is 6.47. The first-order valence-electron chi connectivity index (χ1n) is 27.6. The Morgan fingerprint density at radius 1 is 0.318 bits per heavy atom. The average molecular weight is 919 g/mol. The molecule has 0 rings (SSSR count). The second-order valence-corrected chi connectivity index (χ2v) is 18.1. The smallest absolute Gasteiger partial charge is 0.306 e. The van der Waals surface area contributed by atoms with Crippen molar-refractivity contribution in [1.29, 1.82) is 0 Å². The molecule has 0 radical (unpaired) electrons. The molecule has 0 spiro atoms. The maximum absolute atomic E-state index is 12.8. The predicted octanol–water partition coefficient (Wildman–Crippen LogP) is 18.4.